The van der Waals surface area contributed by atoms with Gasteiger partial charge in [0.15, 0.2) is 0 Å². The number of nitrogens with one attached hydrogen (secondary N) is 2. The summed E-state index contributed by atoms with van der Waals surface area (Å²) in [5.74, 6) is -1.56. The smallest absolute Gasteiger partial charge is 0.337 e. The molecule has 0 fully saturated rings. The van der Waals surface area contributed by atoms with Gasteiger partial charge in [0.25, 0.3) is 0 Å². The number of aromatic nitrogens is 2. The molecule has 7 nitrogen and oxygen atoms in total. The maximum atomic E-state index is 11.7. The van der Waals surface area contributed by atoms with Crippen molar-refractivity contribution < 1.29 is 14.3 Å². The first kappa shape index (κ1) is 17.5. The van der Waals surface area contributed by atoms with Crippen LogP contribution in [0.1, 0.15) is 27.4 Å². The SMILES string of the molecule is COC(=O)c1ccc(C2c3c(n[nH]c3-c3ccccc3)OC(=N)C2C#N)cc1. The van der Waals surface area contributed by atoms with Crippen LogP contribution in [-0.2, 0) is 4.74 Å². The summed E-state index contributed by atoms with van der Waals surface area (Å²) in [6.07, 6.45) is 0. The molecule has 0 saturated heterocycles. The van der Waals surface area contributed by atoms with E-state index in [1.165, 1.54) is 7.11 Å². The number of nitrogens with zero attached hydrogens (tertiary/aromatic N) is 2. The quantitative estimate of drug-likeness (QED) is 0.683. The van der Waals surface area contributed by atoms with Gasteiger partial charge in [0, 0.05) is 5.92 Å². The van der Waals surface area contributed by atoms with Crippen LogP contribution in [0.2, 0.25) is 0 Å². The fourth-order valence-corrected chi connectivity index (χ4v) is 3.45. The maximum Gasteiger partial charge on any atom is 0.337 e. The molecule has 0 radical (unpaired) electrons. The first-order valence-electron chi connectivity index (χ1n) is 8.62. The molecule has 28 heavy (non-hydrogen) atoms. The van der Waals surface area contributed by atoms with Gasteiger partial charge in [-0.3, -0.25) is 10.5 Å². The predicted molar refractivity (Wildman–Crippen MR) is 101 cm³/mol. The van der Waals surface area contributed by atoms with E-state index in [9.17, 15) is 10.1 Å². The topological polar surface area (TPSA) is 112 Å². The van der Waals surface area contributed by atoms with Gasteiger partial charge in [-0.1, -0.05) is 42.5 Å². The lowest BCUT2D eigenvalue weighted by Gasteiger charge is -2.28. The minimum atomic E-state index is -0.809. The van der Waals surface area contributed by atoms with Crippen LogP contribution in [-0.4, -0.2) is 29.2 Å². The molecular weight excluding hydrogens is 356 g/mol. The van der Waals surface area contributed by atoms with Crippen molar-refractivity contribution in [2.75, 3.05) is 7.11 Å². The summed E-state index contributed by atoms with van der Waals surface area (Å²) in [4.78, 5) is 11.7. The number of esters is 1. The van der Waals surface area contributed by atoms with Gasteiger partial charge in [0.2, 0.25) is 11.8 Å². The summed E-state index contributed by atoms with van der Waals surface area (Å²) in [6, 6.07) is 18.6. The Morgan fingerprint density at radius 1 is 1.21 bits per heavy atom. The van der Waals surface area contributed by atoms with Crippen LogP contribution < -0.4 is 4.74 Å². The number of methoxy groups -OCH3 is 1. The van der Waals surface area contributed by atoms with Crippen LogP contribution in [0.4, 0.5) is 0 Å². The highest BCUT2D eigenvalue weighted by molar-refractivity contribution is 5.90. The molecule has 2 heterocycles. The van der Waals surface area contributed by atoms with Gasteiger partial charge in [0.05, 0.1) is 30.0 Å². The van der Waals surface area contributed by atoms with E-state index >= 15 is 0 Å². The summed E-state index contributed by atoms with van der Waals surface area (Å²) in [5.41, 5.74) is 3.57. The molecule has 0 amide bonds. The molecule has 7 heteroatoms. The molecule has 1 aromatic heterocycles. The van der Waals surface area contributed by atoms with Gasteiger partial charge in [-0.25, -0.2) is 4.79 Å². The molecule has 1 aliphatic heterocycles. The van der Waals surface area contributed by atoms with E-state index in [0.717, 1.165) is 22.4 Å². The Labute approximate surface area is 161 Å². The molecule has 2 unspecified atom stereocenters. The summed E-state index contributed by atoms with van der Waals surface area (Å²) < 4.78 is 10.3. The molecule has 0 saturated carbocycles. The Hall–Kier alpha value is -3.92. The average Bonchev–Trinajstić information content (AvgIpc) is 3.16. The zero-order chi connectivity index (χ0) is 19.7. The number of carbonyl (C=O) groups is 1. The van der Waals surface area contributed by atoms with Crippen molar-refractivity contribution >= 4 is 11.9 Å². The van der Waals surface area contributed by atoms with E-state index in [2.05, 4.69) is 16.3 Å². The van der Waals surface area contributed by atoms with Crippen LogP contribution in [0.3, 0.4) is 0 Å². The predicted octanol–water partition coefficient (Wildman–Crippen LogP) is 3.50. The van der Waals surface area contributed by atoms with Gasteiger partial charge in [-0.15, -0.1) is 5.10 Å². The fourth-order valence-electron chi connectivity index (χ4n) is 3.45. The molecule has 0 spiro atoms. The van der Waals surface area contributed by atoms with Gasteiger partial charge in [0.1, 0.15) is 5.92 Å². The lowest BCUT2D eigenvalue weighted by atomic mass is 9.78. The molecule has 2 atom stereocenters. The Kier molecular flexibility index (Phi) is 4.38. The molecule has 0 aliphatic carbocycles. The van der Waals surface area contributed by atoms with E-state index in [4.69, 9.17) is 14.9 Å². The molecule has 0 bridgehead atoms. The fraction of sp³-hybridized carbons (Fsp3) is 0.143. The van der Waals surface area contributed by atoms with Gasteiger partial charge in [-0.05, 0) is 23.3 Å². The van der Waals surface area contributed by atoms with Gasteiger partial charge >= 0.3 is 5.97 Å². The summed E-state index contributed by atoms with van der Waals surface area (Å²) >= 11 is 0. The maximum absolute atomic E-state index is 11.7. The van der Waals surface area contributed by atoms with Crippen molar-refractivity contribution in [2.45, 2.75) is 5.92 Å². The third-order valence-corrected chi connectivity index (χ3v) is 4.79. The monoisotopic (exact) mass is 372 g/mol. The highest BCUT2D eigenvalue weighted by atomic mass is 16.5. The highest BCUT2D eigenvalue weighted by Crippen LogP contribution is 2.45. The molecule has 2 N–H and O–H groups in total. The highest BCUT2D eigenvalue weighted by Gasteiger charge is 2.40. The largest absolute Gasteiger partial charge is 0.465 e. The number of fused-ring (bicyclic) bond motifs is 1. The van der Waals surface area contributed by atoms with Crippen molar-refractivity contribution in [1.82, 2.24) is 10.2 Å². The van der Waals surface area contributed by atoms with Crippen LogP contribution in [0.25, 0.3) is 11.3 Å². The lowest BCUT2D eigenvalue weighted by molar-refractivity contribution is 0.0600. The zero-order valence-electron chi connectivity index (χ0n) is 15.0. The first-order valence-corrected chi connectivity index (χ1v) is 8.62. The van der Waals surface area contributed by atoms with Gasteiger partial charge in [-0.2, -0.15) is 5.26 Å². The Morgan fingerprint density at radius 2 is 1.93 bits per heavy atom. The van der Waals surface area contributed by atoms with Crippen molar-refractivity contribution in [2.24, 2.45) is 5.92 Å². The summed E-state index contributed by atoms with van der Waals surface area (Å²) in [5, 5.41) is 25.1. The average molecular weight is 372 g/mol. The van der Waals surface area contributed by atoms with Crippen molar-refractivity contribution in [3.8, 4) is 23.2 Å². The van der Waals surface area contributed by atoms with E-state index in [1.54, 1.807) is 24.3 Å². The van der Waals surface area contributed by atoms with Crippen LogP contribution >= 0.6 is 0 Å². The second kappa shape index (κ2) is 7.00. The Morgan fingerprint density at radius 3 is 2.57 bits per heavy atom. The molecule has 4 rings (SSSR count). The van der Waals surface area contributed by atoms with E-state index < -0.39 is 17.8 Å². The second-order valence-corrected chi connectivity index (χ2v) is 6.35. The molecule has 3 aromatic rings. The van der Waals surface area contributed by atoms with Crippen molar-refractivity contribution in [3.63, 3.8) is 0 Å². The van der Waals surface area contributed by atoms with E-state index in [0.29, 0.717) is 5.56 Å². The zero-order valence-corrected chi connectivity index (χ0v) is 15.0. The molecule has 138 valence electrons. The number of nitriles is 1. The number of H-pyrrole nitrogens is 1. The van der Waals surface area contributed by atoms with Gasteiger partial charge < -0.3 is 9.47 Å². The number of hydrogen-bond acceptors (Lipinski definition) is 6. The molecular formula is C21H16N4O3. The van der Waals surface area contributed by atoms with E-state index in [-0.39, 0.29) is 11.8 Å². The molecule has 2 aromatic carbocycles. The number of ether oxygens (including phenoxy) is 2. The van der Waals surface area contributed by atoms with Crippen LogP contribution in [0.5, 0.6) is 5.88 Å². The third kappa shape index (κ3) is 2.81. The minimum Gasteiger partial charge on any atom is -0.465 e. The standard InChI is InChI=1S/C21H16N4O3/c1-27-21(26)14-9-7-12(8-10-14)16-15(11-22)19(23)28-20-17(16)18(24-25-20)13-5-3-2-4-6-13/h2-10,15-16,23H,1H3,(H,24,25). The number of carbonyl (C=O) groups excluding carboxylic acids is 1. The normalized spacial score (nSPS) is 17.9. The summed E-state index contributed by atoms with van der Waals surface area (Å²) in [6.45, 7) is 0. The lowest BCUT2D eigenvalue weighted by Crippen LogP contribution is -2.30. The van der Waals surface area contributed by atoms with Crippen molar-refractivity contribution in [1.29, 1.82) is 10.7 Å². The Bertz CT molecular complexity index is 1080. The number of aromatic amines is 1. The number of benzene rings is 2. The Balaban J connectivity index is 1.86. The molecule has 1 aliphatic rings. The number of hydrogen-bond donors (Lipinski definition) is 2. The second-order valence-electron chi connectivity index (χ2n) is 6.35. The minimum absolute atomic E-state index is 0.150. The number of rotatable bonds is 3. The summed E-state index contributed by atoms with van der Waals surface area (Å²) in [7, 11) is 1.33. The van der Waals surface area contributed by atoms with Crippen molar-refractivity contribution in [3.05, 3.63) is 71.3 Å². The first-order chi connectivity index (χ1) is 13.6. The van der Waals surface area contributed by atoms with E-state index in [1.807, 2.05) is 30.3 Å². The van der Waals surface area contributed by atoms with Crippen LogP contribution in [0, 0.1) is 22.7 Å². The van der Waals surface area contributed by atoms with Crippen LogP contribution in [0.15, 0.2) is 54.6 Å². The third-order valence-electron chi connectivity index (χ3n) is 4.79.